The molecule has 1 aromatic carbocycles. The Balaban J connectivity index is 2.21. The van der Waals surface area contributed by atoms with Crippen LogP contribution in [-0.4, -0.2) is 35.1 Å². The zero-order valence-electron chi connectivity index (χ0n) is 12.0. The van der Waals surface area contributed by atoms with Crippen molar-refractivity contribution in [1.29, 1.82) is 0 Å². The maximum atomic E-state index is 13.7. The molecule has 1 N–H and O–H groups in total. The number of carbonyl (C=O) groups is 1. The lowest BCUT2D eigenvalue weighted by Crippen LogP contribution is -2.40. The first-order valence-electron chi connectivity index (χ1n) is 7.02. The Kier molecular flexibility index (Phi) is 4.75. The Bertz CT molecular complexity index is 551. The Morgan fingerprint density at radius 2 is 1.82 bits per heavy atom. The van der Waals surface area contributed by atoms with E-state index in [1.54, 1.807) is 0 Å². The minimum absolute atomic E-state index is 0.204. The van der Waals surface area contributed by atoms with Crippen molar-refractivity contribution < 1.29 is 27.5 Å². The van der Waals surface area contributed by atoms with E-state index in [1.807, 2.05) is 0 Å². The van der Waals surface area contributed by atoms with Gasteiger partial charge in [-0.2, -0.15) is 13.2 Å². The normalized spacial score (nSPS) is 22.5. The van der Waals surface area contributed by atoms with Crippen LogP contribution >= 0.6 is 0 Å². The highest BCUT2D eigenvalue weighted by Gasteiger charge is 2.33. The molecule has 0 spiro atoms. The standard InChI is InChI=1S/C15H17F4NO2/c1-20(10-3-5-11(21)6-4-10)14(22)12-8-9(15(17,18)19)2-7-13(12)16/h2,7-8,10-11,21H,3-6H2,1H3. The van der Waals surface area contributed by atoms with Crippen molar-refractivity contribution >= 4 is 5.91 Å². The SMILES string of the molecule is CN(C(=O)c1cc(C(F)(F)F)ccc1F)C1CCC(O)CC1. The summed E-state index contributed by atoms with van der Waals surface area (Å²) in [5.74, 6) is -1.74. The topological polar surface area (TPSA) is 40.5 Å². The van der Waals surface area contributed by atoms with Crippen LogP contribution < -0.4 is 0 Å². The largest absolute Gasteiger partial charge is 0.416 e. The molecule has 0 aromatic heterocycles. The molecular formula is C15H17F4NO2. The molecule has 7 heteroatoms. The van der Waals surface area contributed by atoms with E-state index in [0.717, 1.165) is 0 Å². The van der Waals surface area contributed by atoms with E-state index in [1.165, 1.54) is 11.9 Å². The summed E-state index contributed by atoms with van der Waals surface area (Å²) in [5, 5.41) is 9.45. The molecule has 1 fully saturated rings. The van der Waals surface area contributed by atoms with Crippen molar-refractivity contribution in [2.24, 2.45) is 0 Å². The summed E-state index contributed by atoms with van der Waals surface area (Å²) < 4.78 is 51.8. The van der Waals surface area contributed by atoms with Crippen LogP contribution in [-0.2, 0) is 6.18 Å². The zero-order valence-corrected chi connectivity index (χ0v) is 12.0. The van der Waals surface area contributed by atoms with Crippen LogP contribution in [0.3, 0.4) is 0 Å². The Morgan fingerprint density at radius 3 is 2.36 bits per heavy atom. The van der Waals surface area contributed by atoms with Gasteiger partial charge in [0, 0.05) is 13.1 Å². The van der Waals surface area contributed by atoms with Gasteiger partial charge in [0.25, 0.3) is 5.91 Å². The predicted molar refractivity (Wildman–Crippen MR) is 71.8 cm³/mol. The third-order valence-electron chi connectivity index (χ3n) is 4.06. The monoisotopic (exact) mass is 319 g/mol. The average molecular weight is 319 g/mol. The van der Waals surface area contributed by atoms with Crippen LogP contribution in [0.2, 0.25) is 0 Å². The van der Waals surface area contributed by atoms with Crippen LogP contribution in [0.15, 0.2) is 18.2 Å². The fraction of sp³-hybridized carbons (Fsp3) is 0.533. The molecule has 0 heterocycles. The van der Waals surface area contributed by atoms with Crippen LogP contribution in [0, 0.1) is 5.82 Å². The number of amides is 1. The summed E-state index contributed by atoms with van der Waals surface area (Å²) in [6, 6.07) is 1.62. The van der Waals surface area contributed by atoms with Crippen LogP contribution in [0.5, 0.6) is 0 Å². The molecule has 2 rings (SSSR count). The van der Waals surface area contributed by atoms with E-state index in [0.29, 0.717) is 43.9 Å². The number of aliphatic hydroxyl groups is 1. The second-order valence-corrected chi connectivity index (χ2v) is 5.57. The summed E-state index contributed by atoms with van der Waals surface area (Å²) >= 11 is 0. The lowest BCUT2D eigenvalue weighted by Gasteiger charge is -2.33. The van der Waals surface area contributed by atoms with Gasteiger partial charge in [-0.25, -0.2) is 4.39 Å². The van der Waals surface area contributed by atoms with Crippen molar-refractivity contribution in [1.82, 2.24) is 4.90 Å². The molecule has 1 aromatic rings. The smallest absolute Gasteiger partial charge is 0.393 e. The van der Waals surface area contributed by atoms with Gasteiger partial charge in [-0.05, 0) is 43.9 Å². The molecule has 0 atom stereocenters. The van der Waals surface area contributed by atoms with Crippen molar-refractivity contribution in [3.05, 3.63) is 35.1 Å². The second kappa shape index (κ2) is 6.24. The molecule has 0 unspecified atom stereocenters. The average Bonchev–Trinajstić information content (AvgIpc) is 2.46. The number of carbonyl (C=O) groups excluding carboxylic acids is 1. The summed E-state index contributed by atoms with van der Waals surface area (Å²) in [5.41, 5.74) is -1.63. The third kappa shape index (κ3) is 3.58. The summed E-state index contributed by atoms with van der Waals surface area (Å²) in [4.78, 5) is 13.5. The molecule has 0 saturated heterocycles. The van der Waals surface area contributed by atoms with Gasteiger partial charge in [0.15, 0.2) is 0 Å². The van der Waals surface area contributed by atoms with Crippen molar-refractivity contribution in [3.63, 3.8) is 0 Å². The minimum atomic E-state index is -4.63. The number of nitrogens with zero attached hydrogens (tertiary/aromatic N) is 1. The molecule has 122 valence electrons. The first-order valence-corrected chi connectivity index (χ1v) is 7.02. The number of alkyl halides is 3. The van der Waals surface area contributed by atoms with Crippen molar-refractivity contribution in [3.8, 4) is 0 Å². The van der Waals surface area contributed by atoms with Crippen LogP contribution in [0.4, 0.5) is 17.6 Å². The van der Waals surface area contributed by atoms with Gasteiger partial charge in [-0.1, -0.05) is 0 Å². The quantitative estimate of drug-likeness (QED) is 0.850. The van der Waals surface area contributed by atoms with E-state index >= 15 is 0 Å². The van der Waals surface area contributed by atoms with Crippen LogP contribution in [0.1, 0.15) is 41.6 Å². The number of hydrogen-bond acceptors (Lipinski definition) is 2. The first kappa shape index (κ1) is 16.7. The summed E-state index contributed by atoms with van der Waals surface area (Å²) in [6.45, 7) is 0. The van der Waals surface area contributed by atoms with Gasteiger partial charge in [0.05, 0.1) is 17.2 Å². The fourth-order valence-corrected chi connectivity index (χ4v) is 2.67. The molecule has 0 bridgehead atoms. The van der Waals surface area contributed by atoms with Gasteiger partial charge >= 0.3 is 6.18 Å². The van der Waals surface area contributed by atoms with Gasteiger partial charge in [-0.3, -0.25) is 4.79 Å². The summed E-state index contributed by atoms with van der Waals surface area (Å²) in [6.07, 6.45) is -2.91. The Morgan fingerprint density at radius 1 is 1.23 bits per heavy atom. The zero-order chi connectivity index (χ0) is 16.5. The van der Waals surface area contributed by atoms with Crippen LogP contribution in [0.25, 0.3) is 0 Å². The highest BCUT2D eigenvalue weighted by atomic mass is 19.4. The Hall–Kier alpha value is -1.63. The molecule has 1 amide bonds. The van der Waals surface area contributed by atoms with E-state index in [-0.39, 0.29) is 6.04 Å². The number of aliphatic hydroxyl groups excluding tert-OH is 1. The molecule has 0 aliphatic heterocycles. The molecular weight excluding hydrogens is 302 g/mol. The highest BCUT2D eigenvalue weighted by molar-refractivity contribution is 5.94. The Labute approximate surface area is 125 Å². The highest BCUT2D eigenvalue weighted by Crippen LogP contribution is 2.31. The number of hydrogen-bond donors (Lipinski definition) is 1. The maximum Gasteiger partial charge on any atom is 0.416 e. The van der Waals surface area contributed by atoms with Gasteiger partial charge in [0.1, 0.15) is 5.82 Å². The predicted octanol–water partition coefficient (Wildman–Crippen LogP) is 3.22. The summed E-state index contributed by atoms with van der Waals surface area (Å²) in [7, 11) is 1.45. The number of benzene rings is 1. The molecule has 1 saturated carbocycles. The maximum absolute atomic E-state index is 13.7. The van der Waals surface area contributed by atoms with E-state index in [4.69, 9.17) is 0 Å². The minimum Gasteiger partial charge on any atom is -0.393 e. The third-order valence-corrected chi connectivity index (χ3v) is 4.06. The van der Waals surface area contributed by atoms with Gasteiger partial charge in [-0.15, -0.1) is 0 Å². The fourth-order valence-electron chi connectivity index (χ4n) is 2.67. The molecule has 1 aliphatic rings. The molecule has 0 radical (unpaired) electrons. The molecule has 3 nitrogen and oxygen atoms in total. The first-order chi connectivity index (χ1) is 10.2. The van der Waals surface area contributed by atoms with E-state index in [2.05, 4.69) is 0 Å². The lowest BCUT2D eigenvalue weighted by atomic mass is 9.92. The van der Waals surface area contributed by atoms with Gasteiger partial charge in [0.2, 0.25) is 0 Å². The van der Waals surface area contributed by atoms with Crippen molar-refractivity contribution in [2.45, 2.75) is 44.0 Å². The lowest BCUT2D eigenvalue weighted by molar-refractivity contribution is -0.137. The van der Waals surface area contributed by atoms with E-state index in [9.17, 15) is 27.5 Å². The van der Waals surface area contributed by atoms with E-state index < -0.39 is 35.1 Å². The van der Waals surface area contributed by atoms with Gasteiger partial charge < -0.3 is 10.0 Å². The molecule has 22 heavy (non-hydrogen) atoms. The second-order valence-electron chi connectivity index (χ2n) is 5.57. The number of rotatable bonds is 2. The molecule has 1 aliphatic carbocycles. The number of halogens is 4. The van der Waals surface area contributed by atoms with Crippen molar-refractivity contribution in [2.75, 3.05) is 7.05 Å².